The van der Waals surface area contributed by atoms with Crippen molar-refractivity contribution in [2.24, 2.45) is 0 Å². The average Bonchev–Trinajstić information content (AvgIpc) is 3.14. The molecule has 0 saturated carbocycles. The first-order chi connectivity index (χ1) is 9.88. The van der Waals surface area contributed by atoms with E-state index in [0.29, 0.717) is 30.6 Å². The van der Waals surface area contributed by atoms with Gasteiger partial charge in [-0.3, -0.25) is 0 Å². The second-order valence-corrected chi connectivity index (χ2v) is 4.76. The molecule has 106 valence electrons. The van der Waals surface area contributed by atoms with Crippen molar-refractivity contribution in [3.63, 3.8) is 0 Å². The Labute approximate surface area is 116 Å². The Morgan fingerprint density at radius 2 is 2.35 bits per heavy atom. The van der Waals surface area contributed by atoms with Crippen LogP contribution in [0.1, 0.15) is 25.2 Å². The van der Waals surface area contributed by atoms with Crippen molar-refractivity contribution in [1.82, 2.24) is 25.4 Å². The van der Waals surface area contributed by atoms with Gasteiger partial charge in [0.1, 0.15) is 12.0 Å². The molecule has 0 aromatic carbocycles. The van der Waals surface area contributed by atoms with Gasteiger partial charge in [-0.15, -0.1) is 0 Å². The maximum Gasteiger partial charge on any atom is 0.234 e. The van der Waals surface area contributed by atoms with E-state index in [1.165, 1.54) is 6.33 Å². The highest BCUT2D eigenvalue weighted by Crippen LogP contribution is 2.26. The molecule has 1 fully saturated rings. The Bertz CT molecular complexity index is 545. The van der Waals surface area contributed by atoms with E-state index in [2.05, 4.69) is 32.3 Å². The largest absolute Gasteiger partial charge is 0.379 e. The van der Waals surface area contributed by atoms with Crippen LogP contribution in [0.2, 0.25) is 0 Å². The molecule has 0 aliphatic carbocycles. The lowest BCUT2D eigenvalue weighted by atomic mass is 10.0. The van der Waals surface area contributed by atoms with Crippen LogP contribution < -0.4 is 5.32 Å². The number of nitrogens with one attached hydrogen (secondary N) is 1. The summed E-state index contributed by atoms with van der Waals surface area (Å²) in [6.45, 7) is 4.37. The van der Waals surface area contributed by atoms with Gasteiger partial charge in [0.2, 0.25) is 11.7 Å². The molecular formula is C13H17N5O2. The third-order valence-corrected chi connectivity index (χ3v) is 3.31. The molecule has 1 aliphatic rings. The molecule has 1 saturated heterocycles. The van der Waals surface area contributed by atoms with Gasteiger partial charge in [-0.05, 0) is 19.0 Å². The van der Waals surface area contributed by atoms with Gasteiger partial charge in [-0.2, -0.15) is 4.98 Å². The van der Waals surface area contributed by atoms with Crippen LogP contribution in [0, 0.1) is 0 Å². The van der Waals surface area contributed by atoms with Crippen LogP contribution >= 0.6 is 0 Å². The zero-order valence-electron chi connectivity index (χ0n) is 11.3. The van der Waals surface area contributed by atoms with E-state index in [-0.39, 0.29) is 12.0 Å². The second-order valence-electron chi connectivity index (χ2n) is 4.76. The highest BCUT2D eigenvalue weighted by Gasteiger charge is 2.33. The summed E-state index contributed by atoms with van der Waals surface area (Å²) in [7, 11) is 0. The molecule has 3 rings (SSSR count). The molecule has 20 heavy (non-hydrogen) atoms. The van der Waals surface area contributed by atoms with E-state index in [0.717, 1.165) is 13.0 Å². The van der Waals surface area contributed by atoms with Gasteiger partial charge in [0.25, 0.3) is 0 Å². The number of ether oxygens (including phenoxy) is 1. The first-order valence-corrected chi connectivity index (χ1v) is 6.79. The summed E-state index contributed by atoms with van der Waals surface area (Å²) in [4.78, 5) is 12.4. The Hall–Kier alpha value is -1.86. The maximum absolute atomic E-state index is 5.52. The van der Waals surface area contributed by atoms with Gasteiger partial charge in [0.05, 0.1) is 19.1 Å². The average molecular weight is 275 g/mol. The van der Waals surface area contributed by atoms with Gasteiger partial charge in [-0.1, -0.05) is 12.1 Å². The van der Waals surface area contributed by atoms with Crippen molar-refractivity contribution in [2.75, 3.05) is 19.8 Å². The highest BCUT2D eigenvalue weighted by molar-refractivity contribution is 5.46. The topological polar surface area (TPSA) is 86.0 Å². The summed E-state index contributed by atoms with van der Waals surface area (Å²) in [5, 5.41) is 7.44. The van der Waals surface area contributed by atoms with Crippen molar-refractivity contribution in [3.8, 4) is 11.5 Å². The quantitative estimate of drug-likeness (QED) is 0.871. The molecule has 2 aromatic heterocycles. The fraction of sp³-hybridized carbons (Fsp3) is 0.538. The molecule has 2 unspecified atom stereocenters. The van der Waals surface area contributed by atoms with Gasteiger partial charge >= 0.3 is 0 Å². The third kappa shape index (κ3) is 2.68. The van der Waals surface area contributed by atoms with Gasteiger partial charge < -0.3 is 14.6 Å². The molecule has 0 bridgehead atoms. The number of hydrogen-bond donors (Lipinski definition) is 1. The lowest BCUT2D eigenvalue weighted by molar-refractivity contribution is 0.184. The number of nitrogens with zero attached hydrogens (tertiary/aromatic N) is 4. The monoisotopic (exact) mass is 275 g/mol. The Morgan fingerprint density at radius 3 is 3.15 bits per heavy atom. The van der Waals surface area contributed by atoms with Crippen LogP contribution in [0.15, 0.2) is 23.1 Å². The zero-order valence-corrected chi connectivity index (χ0v) is 11.3. The van der Waals surface area contributed by atoms with Crippen molar-refractivity contribution in [3.05, 3.63) is 24.5 Å². The van der Waals surface area contributed by atoms with Crippen LogP contribution in [0.3, 0.4) is 0 Å². The Morgan fingerprint density at radius 1 is 1.40 bits per heavy atom. The van der Waals surface area contributed by atoms with Crippen molar-refractivity contribution in [1.29, 1.82) is 0 Å². The molecule has 7 nitrogen and oxygen atoms in total. The zero-order chi connectivity index (χ0) is 13.8. The lowest BCUT2D eigenvalue weighted by Gasteiger charge is -2.14. The number of hydrogen-bond acceptors (Lipinski definition) is 7. The predicted molar refractivity (Wildman–Crippen MR) is 71.0 cm³/mol. The van der Waals surface area contributed by atoms with Crippen LogP contribution in [0.4, 0.5) is 0 Å². The first kappa shape index (κ1) is 13.1. The number of rotatable bonds is 5. The van der Waals surface area contributed by atoms with E-state index in [1.807, 2.05) is 0 Å². The molecule has 0 spiro atoms. The molecular weight excluding hydrogens is 258 g/mol. The SMILES string of the molecule is CCCNC1COCC1c1nc(-c2ccncn2)no1. The van der Waals surface area contributed by atoms with E-state index in [9.17, 15) is 0 Å². The van der Waals surface area contributed by atoms with E-state index < -0.39 is 0 Å². The smallest absolute Gasteiger partial charge is 0.234 e. The minimum Gasteiger partial charge on any atom is -0.379 e. The summed E-state index contributed by atoms with van der Waals surface area (Å²) >= 11 is 0. The second kappa shape index (κ2) is 6.06. The van der Waals surface area contributed by atoms with Gasteiger partial charge in [0.15, 0.2) is 0 Å². The maximum atomic E-state index is 5.52. The minimum atomic E-state index is 0.102. The van der Waals surface area contributed by atoms with Crippen molar-refractivity contribution < 1.29 is 9.26 Å². The van der Waals surface area contributed by atoms with Crippen molar-refractivity contribution >= 4 is 0 Å². The first-order valence-electron chi connectivity index (χ1n) is 6.79. The Kier molecular flexibility index (Phi) is 3.98. The fourth-order valence-corrected chi connectivity index (χ4v) is 2.24. The minimum absolute atomic E-state index is 0.102. The number of aromatic nitrogens is 4. The summed E-state index contributed by atoms with van der Waals surface area (Å²) in [6.07, 6.45) is 4.21. The summed E-state index contributed by atoms with van der Waals surface area (Å²) in [5.41, 5.74) is 0.659. The summed E-state index contributed by atoms with van der Waals surface area (Å²) < 4.78 is 10.9. The molecule has 0 radical (unpaired) electrons. The van der Waals surface area contributed by atoms with E-state index in [1.54, 1.807) is 12.3 Å². The normalized spacial score (nSPS) is 22.2. The fourth-order valence-electron chi connectivity index (χ4n) is 2.24. The molecule has 1 N–H and O–H groups in total. The molecule has 2 aromatic rings. The summed E-state index contributed by atoms with van der Waals surface area (Å²) in [5.74, 6) is 1.19. The van der Waals surface area contributed by atoms with Gasteiger partial charge in [-0.25, -0.2) is 9.97 Å². The predicted octanol–water partition coefficient (Wildman–Crippen LogP) is 1.01. The standard InChI is InChI=1S/C13H17N5O2/c1-2-4-15-11-7-19-6-9(11)13-17-12(18-20-13)10-3-5-14-8-16-10/h3,5,8-9,11,15H,2,4,6-7H2,1H3. The molecule has 2 atom stereocenters. The molecule has 1 aliphatic heterocycles. The van der Waals surface area contributed by atoms with Crippen LogP contribution in [0.5, 0.6) is 0 Å². The van der Waals surface area contributed by atoms with E-state index >= 15 is 0 Å². The van der Waals surface area contributed by atoms with Crippen molar-refractivity contribution in [2.45, 2.75) is 25.3 Å². The van der Waals surface area contributed by atoms with Gasteiger partial charge in [0, 0.05) is 12.2 Å². The van der Waals surface area contributed by atoms with Crippen LogP contribution in [-0.4, -0.2) is 45.9 Å². The molecule has 7 heteroatoms. The lowest BCUT2D eigenvalue weighted by Crippen LogP contribution is -2.34. The molecule has 0 amide bonds. The van der Waals surface area contributed by atoms with Crippen LogP contribution in [0.25, 0.3) is 11.5 Å². The van der Waals surface area contributed by atoms with Crippen LogP contribution in [-0.2, 0) is 4.74 Å². The molecule has 3 heterocycles. The Balaban J connectivity index is 1.76. The summed E-state index contributed by atoms with van der Waals surface area (Å²) in [6, 6.07) is 1.99. The van der Waals surface area contributed by atoms with E-state index in [4.69, 9.17) is 9.26 Å². The third-order valence-electron chi connectivity index (χ3n) is 3.31. The highest BCUT2D eigenvalue weighted by atomic mass is 16.5.